The van der Waals surface area contributed by atoms with Crippen LogP contribution in [0.5, 0.6) is 0 Å². The molecule has 3 aromatic rings. The molecule has 0 spiro atoms. The van der Waals surface area contributed by atoms with Crippen molar-refractivity contribution in [3.8, 4) is 11.3 Å². The lowest BCUT2D eigenvalue weighted by Gasteiger charge is -2.15. The molecule has 0 N–H and O–H groups in total. The fraction of sp³-hybridized carbons (Fsp3) is 0.0625. The Morgan fingerprint density at radius 1 is 0.857 bits per heavy atom. The second kappa shape index (κ2) is 4.86. The minimum absolute atomic E-state index is 0.408. The summed E-state index contributed by atoms with van der Waals surface area (Å²) in [4.78, 5) is 1.55. The maximum absolute atomic E-state index is 5.76. The average molecular weight is 276 g/mol. The molecule has 1 aliphatic heterocycles. The van der Waals surface area contributed by atoms with Crippen LogP contribution in [0.25, 0.3) is 11.3 Å². The van der Waals surface area contributed by atoms with Crippen molar-refractivity contribution in [3.63, 3.8) is 0 Å². The number of hydrogen-bond acceptors (Lipinski definition) is 4. The quantitative estimate of drug-likeness (QED) is 0.723. The molecule has 4 rings (SSSR count). The monoisotopic (exact) mass is 276 g/mol. The van der Waals surface area contributed by atoms with Gasteiger partial charge >= 0.3 is 0 Å². The van der Waals surface area contributed by atoms with Crippen molar-refractivity contribution in [2.24, 2.45) is 5.10 Å². The lowest BCUT2D eigenvalue weighted by Crippen LogP contribution is -2.17. The number of rotatable bonds is 2. The van der Waals surface area contributed by atoms with Crippen molar-refractivity contribution in [1.82, 2.24) is 15.1 Å². The molecule has 0 unspecified atom stereocenters. The minimum Gasteiger partial charge on any atom is -0.469 e. The van der Waals surface area contributed by atoms with Gasteiger partial charge in [-0.1, -0.05) is 48.5 Å². The van der Waals surface area contributed by atoms with Crippen LogP contribution < -0.4 is 0 Å². The average Bonchev–Trinajstić information content (AvgIpc) is 2.99. The van der Waals surface area contributed by atoms with Gasteiger partial charge < -0.3 is 4.74 Å². The number of fused-ring (bicyclic) bond motifs is 1. The van der Waals surface area contributed by atoms with Crippen LogP contribution >= 0.6 is 0 Å². The summed E-state index contributed by atoms with van der Waals surface area (Å²) in [5.41, 5.74) is 3.62. The van der Waals surface area contributed by atoms with Crippen LogP contribution in [-0.2, 0) is 11.3 Å². The van der Waals surface area contributed by atoms with Gasteiger partial charge in [-0.25, -0.2) is 0 Å². The molecule has 0 amide bonds. The Morgan fingerprint density at radius 3 is 2.24 bits per heavy atom. The van der Waals surface area contributed by atoms with E-state index in [0.29, 0.717) is 12.5 Å². The summed E-state index contributed by atoms with van der Waals surface area (Å²) in [5, 5.41) is 12.7. The third-order valence-corrected chi connectivity index (χ3v) is 3.34. The van der Waals surface area contributed by atoms with Crippen LogP contribution in [0.4, 0.5) is 0 Å². The summed E-state index contributed by atoms with van der Waals surface area (Å²) in [6.45, 7) is 0.408. The van der Waals surface area contributed by atoms with Crippen molar-refractivity contribution < 1.29 is 4.74 Å². The molecule has 5 heteroatoms. The molecule has 21 heavy (non-hydrogen) atoms. The highest BCUT2D eigenvalue weighted by Crippen LogP contribution is 2.24. The van der Waals surface area contributed by atoms with Crippen LogP contribution in [0.3, 0.4) is 0 Å². The van der Waals surface area contributed by atoms with E-state index in [1.165, 1.54) is 0 Å². The Balaban J connectivity index is 1.75. The number of benzene rings is 2. The van der Waals surface area contributed by atoms with Gasteiger partial charge in [-0.05, 0) is 17.3 Å². The summed E-state index contributed by atoms with van der Waals surface area (Å²) >= 11 is 0. The van der Waals surface area contributed by atoms with Gasteiger partial charge in [0, 0.05) is 11.1 Å². The molecule has 0 bridgehead atoms. The third kappa shape index (κ3) is 2.08. The highest BCUT2D eigenvalue weighted by Gasteiger charge is 2.21. The van der Waals surface area contributed by atoms with Crippen LogP contribution in [0.15, 0.2) is 65.8 Å². The Kier molecular flexibility index (Phi) is 2.74. The molecule has 0 saturated heterocycles. The van der Waals surface area contributed by atoms with Crippen molar-refractivity contribution in [2.75, 3.05) is 0 Å². The Labute approximate surface area is 121 Å². The van der Waals surface area contributed by atoms with Gasteiger partial charge in [-0.15, -0.1) is 15.0 Å². The van der Waals surface area contributed by atoms with Gasteiger partial charge in [-0.3, -0.25) is 0 Å². The van der Waals surface area contributed by atoms with Gasteiger partial charge in [0.25, 0.3) is 0 Å². The van der Waals surface area contributed by atoms with E-state index in [2.05, 4.69) is 15.4 Å². The standard InChI is InChI=1S/C16H12N4O/c1-3-7-12(8-4-1)15-14-11-21-16(18-20(14)19-17-15)13-9-5-2-6-10-13/h1-10H,11H2. The molecule has 0 radical (unpaired) electrons. The first-order valence-corrected chi connectivity index (χ1v) is 6.69. The van der Waals surface area contributed by atoms with E-state index in [0.717, 1.165) is 22.5 Å². The maximum Gasteiger partial charge on any atom is 0.241 e. The first-order chi connectivity index (χ1) is 10.4. The minimum atomic E-state index is 0.408. The van der Waals surface area contributed by atoms with E-state index < -0.39 is 0 Å². The van der Waals surface area contributed by atoms with E-state index in [1.807, 2.05) is 60.7 Å². The fourth-order valence-corrected chi connectivity index (χ4v) is 2.29. The summed E-state index contributed by atoms with van der Waals surface area (Å²) in [5.74, 6) is 0.563. The summed E-state index contributed by atoms with van der Waals surface area (Å²) < 4.78 is 5.76. The first kappa shape index (κ1) is 11.8. The SMILES string of the molecule is c1ccc(C2=Nn3nnc(-c4ccccc4)c3CO2)cc1. The highest BCUT2D eigenvalue weighted by molar-refractivity contribution is 5.94. The molecule has 0 fully saturated rings. The zero-order valence-electron chi connectivity index (χ0n) is 11.2. The fourth-order valence-electron chi connectivity index (χ4n) is 2.29. The summed E-state index contributed by atoms with van der Waals surface area (Å²) in [6, 6.07) is 19.7. The highest BCUT2D eigenvalue weighted by atomic mass is 16.5. The molecular formula is C16H12N4O. The molecule has 0 atom stereocenters. The summed E-state index contributed by atoms with van der Waals surface area (Å²) in [7, 11) is 0. The Bertz CT molecular complexity index is 794. The number of nitrogens with zero attached hydrogens (tertiary/aromatic N) is 4. The molecule has 1 aliphatic rings. The van der Waals surface area contributed by atoms with E-state index in [9.17, 15) is 0 Å². The van der Waals surface area contributed by atoms with E-state index in [-0.39, 0.29) is 0 Å². The van der Waals surface area contributed by atoms with Crippen LogP contribution in [0.1, 0.15) is 11.3 Å². The van der Waals surface area contributed by atoms with Crippen LogP contribution in [0.2, 0.25) is 0 Å². The maximum atomic E-state index is 5.76. The van der Waals surface area contributed by atoms with Crippen molar-refractivity contribution >= 4 is 5.90 Å². The van der Waals surface area contributed by atoms with Gasteiger partial charge in [-0.2, -0.15) is 0 Å². The van der Waals surface area contributed by atoms with Crippen molar-refractivity contribution in [3.05, 3.63) is 71.9 Å². The second-order valence-electron chi connectivity index (χ2n) is 4.70. The van der Waals surface area contributed by atoms with E-state index in [4.69, 9.17) is 4.74 Å². The van der Waals surface area contributed by atoms with E-state index in [1.54, 1.807) is 4.79 Å². The summed E-state index contributed by atoms with van der Waals surface area (Å²) in [6.07, 6.45) is 0. The molecular weight excluding hydrogens is 264 g/mol. The zero-order valence-corrected chi connectivity index (χ0v) is 11.2. The number of hydrogen-bond donors (Lipinski definition) is 0. The van der Waals surface area contributed by atoms with E-state index >= 15 is 0 Å². The topological polar surface area (TPSA) is 52.3 Å². The van der Waals surface area contributed by atoms with Crippen LogP contribution in [0, 0.1) is 0 Å². The van der Waals surface area contributed by atoms with Crippen LogP contribution in [-0.4, -0.2) is 21.0 Å². The van der Waals surface area contributed by atoms with Crippen molar-refractivity contribution in [1.29, 1.82) is 0 Å². The first-order valence-electron chi connectivity index (χ1n) is 6.69. The molecule has 2 heterocycles. The number of ether oxygens (including phenoxy) is 1. The molecule has 1 aromatic heterocycles. The number of aromatic nitrogens is 3. The largest absolute Gasteiger partial charge is 0.469 e. The Hall–Kier alpha value is -2.95. The smallest absolute Gasteiger partial charge is 0.241 e. The normalized spacial score (nSPS) is 13.2. The molecule has 0 aliphatic carbocycles. The lowest BCUT2D eigenvalue weighted by molar-refractivity contribution is 0.261. The predicted molar refractivity (Wildman–Crippen MR) is 78.6 cm³/mol. The predicted octanol–water partition coefficient (Wildman–Crippen LogP) is 2.69. The lowest BCUT2D eigenvalue weighted by atomic mass is 10.1. The Morgan fingerprint density at radius 2 is 1.52 bits per heavy atom. The van der Waals surface area contributed by atoms with Gasteiger partial charge in [0.15, 0.2) is 0 Å². The van der Waals surface area contributed by atoms with Crippen molar-refractivity contribution in [2.45, 2.75) is 6.61 Å². The zero-order chi connectivity index (χ0) is 14.1. The molecule has 102 valence electrons. The van der Waals surface area contributed by atoms with Gasteiger partial charge in [0.2, 0.25) is 5.90 Å². The molecule has 0 saturated carbocycles. The third-order valence-electron chi connectivity index (χ3n) is 3.34. The van der Waals surface area contributed by atoms with Gasteiger partial charge in [0.05, 0.1) is 0 Å². The second-order valence-corrected chi connectivity index (χ2v) is 4.70. The molecule has 2 aromatic carbocycles. The van der Waals surface area contributed by atoms with Gasteiger partial charge in [0.1, 0.15) is 18.0 Å². The molecule has 5 nitrogen and oxygen atoms in total.